The average molecular weight is 555 g/mol. The third-order valence-corrected chi connectivity index (χ3v) is 9.00. The first kappa shape index (κ1) is 30.4. The molecule has 1 N–H and O–H groups in total. The summed E-state index contributed by atoms with van der Waals surface area (Å²) in [6.45, 7) is 10.2. The Balaban J connectivity index is 1.33. The van der Waals surface area contributed by atoms with Gasteiger partial charge in [0.25, 0.3) is 0 Å². The fraction of sp³-hybridized carbons (Fsp3) is 0.719. The lowest BCUT2D eigenvalue weighted by atomic mass is 9.78. The number of carbonyl (C=O) groups excluding carboxylic acids is 3. The second-order valence-corrected chi connectivity index (χ2v) is 12.3. The van der Waals surface area contributed by atoms with Gasteiger partial charge in [-0.2, -0.15) is 0 Å². The predicted octanol–water partition coefficient (Wildman–Crippen LogP) is 4.62. The van der Waals surface area contributed by atoms with Gasteiger partial charge in [0, 0.05) is 32.2 Å². The molecule has 3 amide bonds. The van der Waals surface area contributed by atoms with Crippen LogP contribution < -0.4 is 5.32 Å². The molecule has 40 heavy (non-hydrogen) atoms. The second kappa shape index (κ2) is 14.3. The second-order valence-electron chi connectivity index (χ2n) is 12.3. The molecule has 1 spiro atoms. The van der Waals surface area contributed by atoms with E-state index in [-0.39, 0.29) is 23.9 Å². The van der Waals surface area contributed by atoms with Gasteiger partial charge in [0.2, 0.25) is 11.8 Å². The van der Waals surface area contributed by atoms with Gasteiger partial charge in [-0.1, -0.05) is 57.0 Å². The monoisotopic (exact) mass is 554 g/mol. The van der Waals surface area contributed by atoms with Crippen LogP contribution in [-0.4, -0.2) is 89.6 Å². The van der Waals surface area contributed by atoms with Gasteiger partial charge >= 0.3 is 6.09 Å². The zero-order valence-electron chi connectivity index (χ0n) is 24.9. The third kappa shape index (κ3) is 7.36. The maximum absolute atomic E-state index is 13.9. The molecule has 0 aliphatic carbocycles. The molecule has 0 unspecified atom stereocenters. The summed E-state index contributed by atoms with van der Waals surface area (Å²) in [5.41, 5.74) is 0.629. The number of nitrogens with zero attached hydrogens (tertiary/aromatic N) is 3. The van der Waals surface area contributed by atoms with Crippen LogP contribution in [0.3, 0.4) is 0 Å². The summed E-state index contributed by atoms with van der Waals surface area (Å²) in [6, 6.07) is 10.2. The van der Waals surface area contributed by atoms with E-state index in [1.54, 1.807) is 4.90 Å². The van der Waals surface area contributed by atoms with E-state index in [0.717, 1.165) is 26.1 Å². The number of ether oxygens (including phenoxy) is 1. The van der Waals surface area contributed by atoms with Crippen molar-refractivity contribution in [2.75, 3.05) is 39.3 Å². The molecule has 3 saturated heterocycles. The molecule has 3 heterocycles. The first-order valence-corrected chi connectivity index (χ1v) is 15.7. The minimum atomic E-state index is -0.784. The Bertz CT molecular complexity index is 968. The summed E-state index contributed by atoms with van der Waals surface area (Å²) in [7, 11) is 0. The van der Waals surface area contributed by atoms with E-state index in [1.165, 1.54) is 31.2 Å². The zero-order chi connectivity index (χ0) is 28.5. The Morgan fingerprint density at radius 1 is 1.00 bits per heavy atom. The number of unbranched alkanes of at least 4 members (excludes halogenated alkanes) is 3. The van der Waals surface area contributed by atoms with E-state index >= 15 is 0 Å². The Hall–Kier alpha value is -2.61. The first-order chi connectivity index (χ1) is 19.3. The van der Waals surface area contributed by atoms with Crippen LogP contribution in [0.5, 0.6) is 0 Å². The lowest BCUT2D eigenvalue weighted by molar-refractivity contribution is -0.167. The van der Waals surface area contributed by atoms with Crippen molar-refractivity contribution < 1.29 is 19.1 Å². The van der Waals surface area contributed by atoms with Gasteiger partial charge in [-0.3, -0.25) is 9.59 Å². The van der Waals surface area contributed by atoms with Gasteiger partial charge in [0.05, 0.1) is 6.61 Å². The summed E-state index contributed by atoms with van der Waals surface area (Å²) in [5, 5.41) is 3.13. The van der Waals surface area contributed by atoms with Crippen molar-refractivity contribution in [3.63, 3.8) is 0 Å². The van der Waals surface area contributed by atoms with Gasteiger partial charge in [-0.05, 0) is 76.3 Å². The molecule has 3 aliphatic heterocycles. The number of piperidine rings is 2. The topological polar surface area (TPSA) is 82.2 Å². The molecule has 8 heteroatoms. The van der Waals surface area contributed by atoms with Crippen LogP contribution in [0, 0.1) is 5.92 Å². The highest BCUT2D eigenvalue weighted by molar-refractivity contribution is 6.00. The Kier molecular flexibility index (Phi) is 10.9. The van der Waals surface area contributed by atoms with Crippen molar-refractivity contribution in [1.82, 2.24) is 20.0 Å². The molecule has 1 aromatic rings. The maximum Gasteiger partial charge on any atom is 0.409 e. The number of carbonyl (C=O) groups is 3. The summed E-state index contributed by atoms with van der Waals surface area (Å²) in [6.07, 6.45) is 9.05. The Labute approximate surface area is 240 Å². The lowest BCUT2D eigenvalue weighted by Crippen LogP contribution is -2.75. The first-order valence-electron chi connectivity index (χ1n) is 15.7. The van der Waals surface area contributed by atoms with Crippen LogP contribution in [0.1, 0.15) is 84.1 Å². The Morgan fingerprint density at radius 3 is 2.33 bits per heavy atom. The molecule has 1 aromatic carbocycles. The number of nitrogens with one attached hydrogen (secondary N) is 1. The third-order valence-electron chi connectivity index (χ3n) is 9.00. The van der Waals surface area contributed by atoms with Crippen LogP contribution in [0.4, 0.5) is 4.79 Å². The van der Waals surface area contributed by atoms with Crippen molar-refractivity contribution in [2.45, 2.75) is 103 Å². The molecule has 8 nitrogen and oxygen atoms in total. The largest absolute Gasteiger partial charge is 0.450 e. The number of rotatable bonds is 11. The summed E-state index contributed by atoms with van der Waals surface area (Å²) < 4.78 is 5.19. The highest BCUT2D eigenvalue weighted by Crippen LogP contribution is 2.38. The normalized spacial score (nSPS) is 22.1. The number of hydrogen-bond acceptors (Lipinski definition) is 5. The summed E-state index contributed by atoms with van der Waals surface area (Å²) >= 11 is 0. The molecule has 3 fully saturated rings. The van der Waals surface area contributed by atoms with Crippen LogP contribution in [0.25, 0.3) is 0 Å². The fourth-order valence-electron chi connectivity index (χ4n) is 6.80. The lowest BCUT2D eigenvalue weighted by Gasteiger charge is -2.55. The fourth-order valence-corrected chi connectivity index (χ4v) is 6.80. The Morgan fingerprint density at radius 2 is 1.68 bits per heavy atom. The number of amides is 3. The number of aryl methyl sites for hydroxylation is 1. The molecule has 0 bridgehead atoms. The highest BCUT2D eigenvalue weighted by atomic mass is 16.6. The van der Waals surface area contributed by atoms with Gasteiger partial charge in [-0.25, -0.2) is 4.79 Å². The van der Waals surface area contributed by atoms with Crippen molar-refractivity contribution in [1.29, 1.82) is 0 Å². The number of piperazine rings is 1. The number of likely N-dealkylation sites (tertiary alicyclic amines) is 2. The maximum atomic E-state index is 13.9. The molecular formula is C32H50N4O4. The summed E-state index contributed by atoms with van der Waals surface area (Å²) in [5.74, 6) is 0.395. The molecule has 0 saturated carbocycles. The van der Waals surface area contributed by atoms with Gasteiger partial charge in [0.1, 0.15) is 11.6 Å². The summed E-state index contributed by atoms with van der Waals surface area (Å²) in [4.78, 5) is 46.2. The molecule has 0 radical (unpaired) electrons. The molecule has 3 aliphatic rings. The highest BCUT2D eigenvalue weighted by Gasteiger charge is 2.55. The SMILES string of the molecule is CCOC(=O)N1CCC(N2C(=O)[C@H](CC(C)C)NC(=O)C23CCN(CCCCCCc2ccccc2)CC3)CC1. The van der Waals surface area contributed by atoms with E-state index in [1.807, 2.05) is 11.8 Å². The molecular weight excluding hydrogens is 504 g/mol. The van der Waals surface area contributed by atoms with Crippen molar-refractivity contribution in [3.8, 4) is 0 Å². The van der Waals surface area contributed by atoms with Gasteiger partial charge in [0.15, 0.2) is 0 Å². The van der Waals surface area contributed by atoms with Crippen LogP contribution in [0.2, 0.25) is 0 Å². The van der Waals surface area contributed by atoms with Crippen molar-refractivity contribution in [2.24, 2.45) is 5.92 Å². The molecule has 0 aromatic heterocycles. The van der Waals surface area contributed by atoms with E-state index < -0.39 is 11.6 Å². The van der Waals surface area contributed by atoms with Gasteiger partial charge < -0.3 is 24.8 Å². The van der Waals surface area contributed by atoms with E-state index in [4.69, 9.17) is 4.74 Å². The number of benzene rings is 1. The molecule has 4 rings (SSSR count). The van der Waals surface area contributed by atoms with E-state index in [0.29, 0.717) is 57.7 Å². The average Bonchev–Trinajstić information content (AvgIpc) is 2.95. The minimum absolute atomic E-state index is 0.0196. The van der Waals surface area contributed by atoms with Crippen LogP contribution >= 0.6 is 0 Å². The van der Waals surface area contributed by atoms with E-state index in [9.17, 15) is 14.4 Å². The van der Waals surface area contributed by atoms with Gasteiger partial charge in [-0.15, -0.1) is 0 Å². The standard InChI is InChI=1S/C32H50N4O4/c1-4-40-31(39)35-20-15-27(16-21-35)36-29(37)28(24-25(2)3)33-30(38)32(36)17-22-34(23-18-32)19-11-6-5-8-12-26-13-9-7-10-14-26/h7,9-10,13-14,25,27-28H,4-6,8,11-12,15-24H2,1-3H3,(H,33,38)/t28-/m0/s1. The van der Waals surface area contributed by atoms with Crippen LogP contribution in [0.15, 0.2) is 30.3 Å². The molecule has 222 valence electrons. The van der Waals surface area contributed by atoms with Crippen molar-refractivity contribution >= 4 is 17.9 Å². The number of hydrogen-bond donors (Lipinski definition) is 1. The van der Waals surface area contributed by atoms with E-state index in [2.05, 4.69) is 54.4 Å². The molecule has 1 atom stereocenters. The minimum Gasteiger partial charge on any atom is -0.450 e. The smallest absolute Gasteiger partial charge is 0.409 e. The predicted molar refractivity (Wildman–Crippen MR) is 157 cm³/mol. The van der Waals surface area contributed by atoms with Crippen LogP contribution in [-0.2, 0) is 20.7 Å². The zero-order valence-corrected chi connectivity index (χ0v) is 24.9. The van der Waals surface area contributed by atoms with Crippen molar-refractivity contribution in [3.05, 3.63) is 35.9 Å². The quantitative estimate of drug-likeness (QED) is 0.404.